The average Bonchev–Trinajstić information content (AvgIpc) is 3.24. The molecule has 4 aliphatic rings. The molecule has 0 aromatic rings. The van der Waals surface area contributed by atoms with Crippen molar-refractivity contribution < 1.29 is 70.7 Å². The minimum atomic E-state index is -2.26. The molecule has 0 aromatic carbocycles. The molecule has 4 rings (SSSR count). The molecule has 0 saturated carbocycles. The molecule has 71 heavy (non-hydrogen) atoms. The lowest BCUT2D eigenvalue weighted by atomic mass is 9.78. The molecule has 2 spiro atoms. The molecule has 408 valence electrons. The number of Topliss-reactive ketones (excluding diaryl/α,β-unsaturated/α-hetero) is 1. The predicted molar refractivity (Wildman–Crippen MR) is 276 cm³/mol. The summed E-state index contributed by atoms with van der Waals surface area (Å²) in [4.78, 5) is 65.2. The third-order valence-corrected chi connectivity index (χ3v) is 25.3. The molecular weight excluding hydrogens is 1020 g/mol. The monoisotopic (exact) mass is 1100 g/mol. The van der Waals surface area contributed by atoms with Crippen molar-refractivity contribution in [3.63, 3.8) is 0 Å². The number of methoxy groups -OCH3 is 1. The SMILES string of the molecule is C=C(C[C@H]1C[C@](C)(O[Si](CC)(CC)CC)C[C@@]2(C[C@@H](OC(C)=O)C[C@H](CC(=O)OCC(Cl)(Cl)Cl)O2)O1)[C@@H](C)[C@H](OC(C)=O)[C@H](C)C(=O)C[C@@H]1C[C@H](OC)C[C@@]2(C[C@@H](O[Si](C)(C)C(C)(C)C)C[C@H](C=O)O2)O1. The largest absolute Gasteiger partial charge is 0.462 e. The number of carbonyl (C=O) groups is 5. The second-order valence-electron chi connectivity index (χ2n) is 22.6. The second-order valence-corrected chi connectivity index (χ2v) is 34.5. The molecule has 15 nitrogen and oxygen atoms in total. The van der Waals surface area contributed by atoms with E-state index in [1.165, 1.54) is 13.8 Å². The van der Waals surface area contributed by atoms with Crippen LogP contribution in [-0.2, 0) is 70.7 Å². The van der Waals surface area contributed by atoms with Crippen LogP contribution in [0.1, 0.15) is 147 Å². The summed E-state index contributed by atoms with van der Waals surface area (Å²) in [6.07, 6.45) is -1.42. The molecule has 0 aliphatic carbocycles. The van der Waals surface area contributed by atoms with Gasteiger partial charge in [0.1, 0.15) is 37.0 Å². The summed E-state index contributed by atoms with van der Waals surface area (Å²) in [5.74, 6) is -5.79. The van der Waals surface area contributed by atoms with Crippen LogP contribution >= 0.6 is 34.8 Å². The van der Waals surface area contributed by atoms with Crippen molar-refractivity contribution in [3.8, 4) is 0 Å². The normalized spacial score (nSPS) is 32.1. The summed E-state index contributed by atoms with van der Waals surface area (Å²) >= 11 is 17.6. The van der Waals surface area contributed by atoms with Crippen molar-refractivity contribution >= 4 is 81.4 Å². The Labute approximate surface area is 440 Å². The van der Waals surface area contributed by atoms with E-state index in [0.29, 0.717) is 37.7 Å². The topological polar surface area (TPSA) is 178 Å². The fraction of sp³-hybridized carbons (Fsp3) is 0.863. The second kappa shape index (κ2) is 25.1. The molecule has 0 unspecified atom stereocenters. The number of hydrogen-bond donors (Lipinski definition) is 0. The molecule has 4 saturated heterocycles. The first-order valence-electron chi connectivity index (χ1n) is 25.6. The molecule has 0 aromatic heterocycles. The van der Waals surface area contributed by atoms with E-state index >= 15 is 0 Å². The third-order valence-electron chi connectivity index (χ3n) is 15.6. The molecule has 0 amide bonds. The van der Waals surface area contributed by atoms with Crippen molar-refractivity contribution in [2.45, 2.75) is 253 Å². The van der Waals surface area contributed by atoms with Crippen LogP contribution in [0.4, 0.5) is 0 Å². The summed E-state index contributed by atoms with van der Waals surface area (Å²) < 4.78 is 62.2. The van der Waals surface area contributed by atoms with Gasteiger partial charge in [0.05, 0.1) is 48.5 Å². The summed E-state index contributed by atoms with van der Waals surface area (Å²) in [6, 6.07) is 2.67. The highest BCUT2D eigenvalue weighted by molar-refractivity contribution is 6.74. The lowest BCUT2D eigenvalue weighted by Gasteiger charge is -2.55. The molecule has 0 radical (unpaired) electrons. The Morgan fingerprint density at radius 2 is 1.34 bits per heavy atom. The van der Waals surface area contributed by atoms with E-state index in [4.69, 9.17) is 81.5 Å². The Kier molecular flexibility index (Phi) is 21.9. The van der Waals surface area contributed by atoms with Crippen molar-refractivity contribution in [1.82, 2.24) is 0 Å². The van der Waals surface area contributed by atoms with Gasteiger partial charge in [-0.25, -0.2) is 0 Å². The predicted octanol–water partition coefficient (Wildman–Crippen LogP) is 10.8. The Bertz CT molecular complexity index is 1850. The fourth-order valence-corrected chi connectivity index (χ4v) is 15.6. The van der Waals surface area contributed by atoms with Gasteiger partial charge in [0.15, 0.2) is 28.2 Å². The van der Waals surface area contributed by atoms with Crippen LogP contribution < -0.4 is 0 Å². The lowest BCUT2D eigenvalue weighted by Crippen LogP contribution is -2.61. The number of hydrogen-bond acceptors (Lipinski definition) is 15. The number of rotatable bonds is 22. The highest BCUT2D eigenvalue weighted by atomic mass is 35.6. The first-order chi connectivity index (χ1) is 32.8. The zero-order chi connectivity index (χ0) is 53.5. The smallest absolute Gasteiger partial charge is 0.308 e. The van der Waals surface area contributed by atoms with Gasteiger partial charge in [-0.05, 0) is 49.6 Å². The lowest BCUT2D eigenvalue weighted by molar-refractivity contribution is -0.347. The van der Waals surface area contributed by atoms with Crippen molar-refractivity contribution in [2.24, 2.45) is 11.8 Å². The number of carbonyl (C=O) groups excluding carboxylic acids is 5. The van der Waals surface area contributed by atoms with Gasteiger partial charge in [0.25, 0.3) is 0 Å². The Hall–Kier alpha value is -1.49. The van der Waals surface area contributed by atoms with Crippen LogP contribution in [0.25, 0.3) is 0 Å². The standard InChI is InChI=1S/C51H85Cl3O15Si2/c1-16-71(17-2,18-3)69-48(12)25-41(66-50(30-48)27-40(62-35(7)56)21-38(65-50)24-45(59)61-31-51(52,53)54)19-32(4)33(5)46(63-36(8)57)34(6)44(58)23-37-20-39(60-13)26-49(64-37)28-42(22-43(29-55)67-49)68-70(14,15)47(9,10)11/h29,33-34,37-43,46H,4,16-28,30-31H2,1-3,5-15H3/t33-,34-,37+,38-,39+,40+,41+,42+,43-,46+,48+,49-,50-/m1/s1. The van der Waals surface area contributed by atoms with Crippen LogP contribution in [0.2, 0.25) is 36.3 Å². The summed E-state index contributed by atoms with van der Waals surface area (Å²) in [5.41, 5.74) is -0.111. The van der Waals surface area contributed by atoms with Gasteiger partial charge in [0.2, 0.25) is 3.79 Å². The van der Waals surface area contributed by atoms with Crippen LogP contribution in [0.3, 0.4) is 0 Å². The molecule has 13 atom stereocenters. The third kappa shape index (κ3) is 17.5. The van der Waals surface area contributed by atoms with Crippen molar-refractivity contribution in [1.29, 1.82) is 0 Å². The van der Waals surface area contributed by atoms with Crippen LogP contribution in [0.5, 0.6) is 0 Å². The van der Waals surface area contributed by atoms with Gasteiger partial charge in [-0.2, -0.15) is 0 Å². The van der Waals surface area contributed by atoms with Crippen molar-refractivity contribution in [2.75, 3.05) is 13.7 Å². The maximum absolute atomic E-state index is 14.5. The van der Waals surface area contributed by atoms with Gasteiger partial charge in [0, 0.05) is 84.7 Å². The van der Waals surface area contributed by atoms with E-state index in [0.717, 1.165) is 24.4 Å². The van der Waals surface area contributed by atoms with Crippen LogP contribution in [-0.4, -0.2) is 130 Å². The van der Waals surface area contributed by atoms with Gasteiger partial charge in [-0.1, -0.05) is 102 Å². The minimum Gasteiger partial charge on any atom is -0.462 e. The summed E-state index contributed by atoms with van der Waals surface area (Å²) in [7, 11) is -2.88. The summed E-state index contributed by atoms with van der Waals surface area (Å²) in [6.45, 7) is 29.7. The number of esters is 3. The zero-order valence-corrected chi connectivity index (χ0v) is 49.2. The first kappa shape index (κ1) is 62.1. The molecule has 0 bridgehead atoms. The average molecular weight is 1100 g/mol. The van der Waals surface area contributed by atoms with Gasteiger partial charge in [-0.15, -0.1) is 0 Å². The van der Waals surface area contributed by atoms with E-state index < -0.39 is 111 Å². The van der Waals surface area contributed by atoms with Crippen LogP contribution in [0.15, 0.2) is 12.2 Å². The Morgan fingerprint density at radius 3 is 1.89 bits per heavy atom. The Balaban J connectivity index is 1.60. The minimum absolute atomic E-state index is 0.0233. The Morgan fingerprint density at radius 1 is 0.775 bits per heavy atom. The van der Waals surface area contributed by atoms with Gasteiger partial charge in [-0.3, -0.25) is 19.2 Å². The highest BCUT2D eigenvalue weighted by Gasteiger charge is 2.56. The number of aldehydes is 1. The fourth-order valence-electron chi connectivity index (χ4n) is 11.0. The molecule has 4 fully saturated rings. The maximum Gasteiger partial charge on any atom is 0.308 e. The van der Waals surface area contributed by atoms with E-state index in [9.17, 15) is 24.0 Å². The molecular formula is C51H85Cl3O15Si2. The van der Waals surface area contributed by atoms with E-state index in [2.05, 4.69) is 68.1 Å². The number of halogens is 3. The van der Waals surface area contributed by atoms with Crippen LogP contribution in [0, 0.1) is 11.8 Å². The number of ketones is 1. The molecule has 0 N–H and O–H groups in total. The highest BCUT2D eigenvalue weighted by Crippen LogP contribution is 2.50. The van der Waals surface area contributed by atoms with Gasteiger partial charge < -0.3 is 51.5 Å². The first-order valence-corrected chi connectivity index (χ1v) is 32.2. The molecule has 4 aliphatic heterocycles. The van der Waals surface area contributed by atoms with Gasteiger partial charge >= 0.3 is 17.9 Å². The number of alkyl halides is 3. The number of ether oxygens (including phenoxy) is 8. The quantitative estimate of drug-likeness (QED) is 0.0250. The molecule has 20 heteroatoms. The zero-order valence-electron chi connectivity index (χ0n) is 44.9. The molecule has 4 heterocycles. The maximum atomic E-state index is 14.5. The summed E-state index contributed by atoms with van der Waals surface area (Å²) in [5, 5.41) is -0.0606. The van der Waals surface area contributed by atoms with E-state index in [1.807, 2.05) is 6.92 Å². The van der Waals surface area contributed by atoms with Crippen molar-refractivity contribution in [3.05, 3.63) is 12.2 Å². The van der Waals surface area contributed by atoms with E-state index in [-0.39, 0.29) is 61.6 Å². The van der Waals surface area contributed by atoms with E-state index in [1.54, 1.807) is 14.0 Å².